The third kappa shape index (κ3) is 28.0. The Morgan fingerprint density at radius 3 is 1.00 bits per heavy atom. The van der Waals surface area contributed by atoms with Crippen LogP contribution in [0.3, 0.4) is 0 Å². The summed E-state index contributed by atoms with van der Waals surface area (Å²) in [5, 5.41) is 0. The molecule has 10 saturated heterocycles. The first-order chi connectivity index (χ1) is 39.3. The summed E-state index contributed by atoms with van der Waals surface area (Å²) in [6.45, 7) is 38.8. The SMILES string of the molecule is CC(=O)CCCN1CCCC1.CC(=O)N1CCC(N2CCN(C)CC2)CC1.CC(=O)N1CCCC1.CC(=O)N1CCCCC1.CC(=O)N1CCC[C@@H]1CN1CCCC1.CC(=O)N1CCC[C@H]1CN1CCCC1.CC(=O)N1CCN(C)CC1. The number of rotatable bonds is 9. The second-order valence-corrected chi connectivity index (χ2v) is 25.1. The van der Waals surface area contributed by atoms with Crippen molar-refractivity contribution in [1.29, 1.82) is 0 Å². The molecule has 0 spiro atoms. The number of piperazine rings is 2. The van der Waals surface area contributed by atoms with E-state index in [4.69, 9.17) is 0 Å². The zero-order valence-electron chi connectivity index (χ0n) is 53.6. The van der Waals surface area contributed by atoms with E-state index in [1.807, 2.05) is 19.6 Å². The van der Waals surface area contributed by atoms with E-state index < -0.39 is 0 Å². The van der Waals surface area contributed by atoms with Crippen LogP contribution in [0.15, 0.2) is 0 Å². The molecule has 6 amide bonds. The van der Waals surface area contributed by atoms with Crippen molar-refractivity contribution in [3.63, 3.8) is 0 Å². The van der Waals surface area contributed by atoms with Crippen LogP contribution in [0.1, 0.15) is 170 Å². The largest absolute Gasteiger partial charge is 0.343 e. The van der Waals surface area contributed by atoms with E-state index in [0.717, 1.165) is 124 Å². The molecular weight excluding hydrogens is 1040 g/mol. The van der Waals surface area contributed by atoms with Crippen molar-refractivity contribution in [1.82, 2.24) is 58.8 Å². The van der Waals surface area contributed by atoms with E-state index in [1.54, 1.807) is 48.5 Å². The Bertz CT molecular complexity index is 1800. The monoisotopic (exact) mass is 1150 g/mol. The summed E-state index contributed by atoms with van der Waals surface area (Å²) in [5.41, 5.74) is 0. The van der Waals surface area contributed by atoms with E-state index in [9.17, 15) is 33.6 Å². The number of piperidine rings is 2. The molecular formula is C63H118N12O7. The normalized spacial score (nSPS) is 24.1. The molecule has 0 aromatic rings. The lowest BCUT2D eigenvalue weighted by Gasteiger charge is -2.41. The Hall–Kier alpha value is -3.75. The van der Waals surface area contributed by atoms with Crippen LogP contribution >= 0.6 is 0 Å². The minimum atomic E-state index is 0.202. The fourth-order valence-corrected chi connectivity index (χ4v) is 13.1. The molecule has 0 aromatic carbocycles. The van der Waals surface area contributed by atoms with Gasteiger partial charge >= 0.3 is 0 Å². The van der Waals surface area contributed by atoms with Crippen molar-refractivity contribution in [3.05, 3.63) is 0 Å². The molecule has 19 heteroatoms. The molecule has 10 heterocycles. The topological polar surface area (TPSA) is 158 Å². The number of carbonyl (C=O) groups excluding carboxylic acids is 7. The minimum absolute atomic E-state index is 0.202. The van der Waals surface area contributed by atoms with Crippen LogP contribution in [-0.2, 0) is 33.6 Å². The van der Waals surface area contributed by atoms with Gasteiger partial charge in [0.05, 0.1) is 0 Å². The number of likely N-dealkylation sites (tertiary alicyclic amines) is 8. The number of Topliss-reactive ketones (excluding diaryl/α,β-unsaturated/α-hetero) is 1. The first-order valence-corrected chi connectivity index (χ1v) is 32.6. The summed E-state index contributed by atoms with van der Waals surface area (Å²) in [5.74, 6) is 1.73. The van der Waals surface area contributed by atoms with Gasteiger partial charge in [-0.15, -0.1) is 0 Å². The maximum absolute atomic E-state index is 11.3. The second kappa shape index (κ2) is 39.8. The Morgan fingerprint density at radius 1 is 0.317 bits per heavy atom. The summed E-state index contributed by atoms with van der Waals surface area (Å²) in [6, 6.07) is 1.72. The van der Waals surface area contributed by atoms with Crippen LogP contribution in [-0.4, -0.2) is 296 Å². The van der Waals surface area contributed by atoms with Crippen molar-refractivity contribution in [3.8, 4) is 0 Å². The van der Waals surface area contributed by atoms with Gasteiger partial charge in [0.25, 0.3) is 0 Å². The molecule has 0 unspecified atom stereocenters. The summed E-state index contributed by atoms with van der Waals surface area (Å²) >= 11 is 0. The molecule has 0 aliphatic carbocycles. The highest BCUT2D eigenvalue weighted by molar-refractivity contribution is 5.76. The molecule has 2 atom stereocenters. The zero-order valence-corrected chi connectivity index (χ0v) is 53.6. The van der Waals surface area contributed by atoms with Crippen LogP contribution in [0, 0.1) is 0 Å². The molecule has 0 saturated carbocycles. The van der Waals surface area contributed by atoms with E-state index in [2.05, 4.69) is 53.3 Å². The second-order valence-electron chi connectivity index (χ2n) is 25.1. The number of nitrogens with zero attached hydrogens (tertiary/aromatic N) is 12. The predicted octanol–water partition coefficient (Wildman–Crippen LogP) is 5.31. The summed E-state index contributed by atoms with van der Waals surface area (Å²) < 4.78 is 0. The molecule has 0 radical (unpaired) electrons. The highest BCUT2D eigenvalue weighted by atomic mass is 16.2. The van der Waals surface area contributed by atoms with E-state index >= 15 is 0 Å². The van der Waals surface area contributed by atoms with Gasteiger partial charge in [0.15, 0.2) is 0 Å². The lowest BCUT2D eigenvalue weighted by Crippen LogP contribution is -2.52. The Morgan fingerprint density at radius 2 is 0.646 bits per heavy atom. The van der Waals surface area contributed by atoms with Crippen molar-refractivity contribution in [2.75, 3.05) is 178 Å². The van der Waals surface area contributed by atoms with Crippen molar-refractivity contribution < 1.29 is 33.6 Å². The van der Waals surface area contributed by atoms with Gasteiger partial charge in [0, 0.05) is 184 Å². The van der Waals surface area contributed by atoms with Gasteiger partial charge < -0.3 is 58.7 Å². The lowest BCUT2D eigenvalue weighted by molar-refractivity contribution is -0.131. The van der Waals surface area contributed by atoms with Crippen molar-refractivity contribution in [2.45, 2.75) is 189 Å². The highest BCUT2D eigenvalue weighted by Gasteiger charge is 2.31. The average molecular weight is 1160 g/mol. The Labute approximate surface area is 498 Å². The van der Waals surface area contributed by atoms with Gasteiger partial charge in [-0.1, -0.05) is 0 Å². The van der Waals surface area contributed by atoms with E-state index in [1.165, 1.54) is 162 Å². The fraction of sp³-hybridized carbons (Fsp3) is 0.889. The number of likely N-dealkylation sites (N-methyl/N-ethyl adjacent to an activating group) is 2. The van der Waals surface area contributed by atoms with E-state index in [-0.39, 0.29) is 35.4 Å². The molecule has 0 N–H and O–H groups in total. The third-order valence-electron chi connectivity index (χ3n) is 18.4. The van der Waals surface area contributed by atoms with Gasteiger partial charge in [-0.3, -0.25) is 33.7 Å². The molecule has 10 aliphatic rings. The molecule has 82 heavy (non-hydrogen) atoms. The lowest BCUT2D eigenvalue weighted by atomic mass is 10.0. The van der Waals surface area contributed by atoms with Gasteiger partial charge in [-0.05, 0) is 182 Å². The van der Waals surface area contributed by atoms with Gasteiger partial charge in [0.1, 0.15) is 5.78 Å². The van der Waals surface area contributed by atoms with Crippen LogP contribution in [0.2, 0.25) is 0 Å². The van der Waals surface area contributed by atoms with E-state index in [0.29, 0.717) is 23.9 Å². The van der Waals surface area contributed by atoms with Crippen LogP contribution in [0.4, 0.5) is 0 Å². The molecule has 472 valence electrons. The first kappa shape index (κ1) is 70.7. The number of amides is 6. The minimum Gasteiger partial charge on any atom is -0.343 e. The smallest absolute Gasteiger partial charge is 0.219 e. The molecule has 0 aromatic heterocycles. The number of ketones is 1. The number of hydrogen-bond donors (Lipinski definition) is 0. The quantitative estimate of drug-likeness (QED) is 0.293. The first-order valence-electron chi connectivity index (χ1n) is 32.6. The average Bonchev–Trinajstić information content (AvgIpc) is 4.39. The maximum atomic E-state index is 11.3. The number of hydrogen-bond acceptors (Lipinski definition) is 13. The highest BCUT2D eigenvalue weighted by Crippen LogP contribution is 2.22. The maximum Gasteiger partial charge on any atom is 0.219 e. The predicted molar refractivity (Wildman–Crippen MR) is 329 cm³/mol. The summed E-state index contributed by atoms with van der Waals surface area (Å²) in [7, 11) is 4.27. The zero-order chi connectivity index (χ0) is 59.8. The molecule has 10 aliphatic heterocycles. The third-order valence-corrected chi connectivity index (χ3v) is 18.4. The van der Waals surface area contributed by atoms with Crippen LogP contribution in [0.5, 0.6) is 0 Å². The number of carbonyl (C=O) groups is 7. The Balaban J connectivity index is 0.000000208. The molecule has 0 bridgehead atoms. The molecule has 19 nitrogen and oxygen atoms in total. The van der Waals surface area contributed by atoms with Crippen LogP contribution < -0.4 is 0 Å². The Kier molecular flexibility index (Phi) is 34.3. The standard InChI is InChI=1S/C12H23N3O.2C11H20N2O.C9H17NO.C7H14N2O.C7H13NO.C6H11NO/c1-11(16)14-5-3-12(4-6-14)15-9-7-13(2)8-10-15;2*1-10(14)13-8-4-5-11(13)9-12-6-2-3-7-12;1-9(11)5-4-8-10-6-2-3-7-10;1-7(10)9-5-3-8(2)4-6-9;1-7(9)8-5-3-2-4-6-8;1-6(8)7-4-2-3-5-7/h12H,3-10H2,1-2H3;2*11H,2-9H2,1H3;2-8H2,1H3;3-6H2,1-2H3;2-6H2,1H3;2-5H2,1H3/t;2*11-;;;;/m.10..../s1. The van der Waals surface area contributed by atoms with Crippen molar-refractivity contribution in [2.24, 2.45) is 0 Å². The fourth-order valence-electron chi connectivity index (χ4n) is 13.1. The van der Waals surface area contributed by atoms with Crippen LogP contribution in [0.25, 0.3) is 0 Å². The summed E-state index contributed by atoms with van der Waals surface area (Å²) in [4.78, 5) is 103. The van der Waals surface area contributed by atoms with Gasteiger partial charge in [-0.25, -0.2) is 0 Å². The summed E-state index contributed by atoms with van der Waals surface area (Å²) in [6.07, 6.45) is 23.0. The van der Waals surface area contributed by atoms with Crippen molar-refractivity contribution >= 4 is 41.2 Å². The van der Waals surface area contributed by atoms with Gasteiger partial charge in [-0.2, -0.15) is 0 Å². The van der Waals surface area contributed by atoms with Gasteiger partial charge in [0.2, 0.25) is 35.4 Å². The molecule has 10 fully saturated rings. The molecule has 10 rings (SSSR count).